The predicted molar refractivity (Wildman–Crippen MR) is 97.5 cm³/mol. The Bertz CT molecular complexity index is 845. The van der Waals surface area contributed by atoms with Crippen LogP contribution >= 0.6 is 11.3 Å². The Kier molecular flexibility index (Phi) is 5.40. The van der Waals surface area contributed by atoms with Crippen molar-refractivity contribution in [1.29, 1.82) is 0 Å². The molecule has 0 aliphatic carbocycles. The third-order valence-electron chi connectivity index (χ3n) is 3.49. The topological polar surface area (TPSA) is 51.2 Å². The summed E-state index contributed by atoms with van der Waals surface area (Å²) in [5, 5.41) is 5.15. The largest absolute Gasteiger partial charge is 0.494 e. The lowest BCUT2D eigenvalue weighted by Gasteiger charge is -2.05. The second-order valence-electron chi connectivity index (χ2n) is 5.35. The molecule has 25 heavy (non-hydrogen) atoms. The zero-order valence-corrected chi connectivity index (χ0v) is 14.5. The first kappa shape index (κ1) is 17.1. The quantitative estimate of drug-likeness (QED) is 0.706. The fourth-order valence-corrected chi connectivity index (χ4v) is 3.04. The molecule has 0 unspecified atom stereocenters. The fraction of sp³-hybridized carbons (Fsp3) is 0.158. The second-order valence-corrected chi connectivity index (χ2v) is 6.20. The minimum Gasteiger partial charge on any atom is -0.494 e. The third-order valence-corrected chi connectivity index (χ3v) is 4.25. The first-order valence-electron chi connectivity index (χ1n) is 7.87. The van der Waals surface area contributed by atoms with Gasteiger partial charge in [0.05, 0.1) is 18.7 Å². The van der Waals surface area contributed by atoms with Crippen LogP contribution in [0.2, 0.25) is 0 Å². The summed E-state index contributed by atoms with van der Waals surface area (Å²) in [5.41, 5.74) is 2.42. The maximum atomic E-state index is 13.0. The van der Waals surface area contributed by atoms with Crippen molar-refractivity contribution in [3.63, 3.8) is 0 Å². The highest BCUT2D eigenvalue weighted by Gasteiger charge is 2.09. The number of anilines is 1. The minimum absolute atomic E-state index is 0.135. The predicted octanol–water partition coefficient (Wildman–Crippen LogP) is 4.53. The average Bonchev–Trinajstić information content (AvgIpc) is 3.06. The number of thiazole rings is 1. The molecule has 4 nitrogen and oxygen atoms in total. The van der Waals surface area contributed by atoms with Crippen LogP contribution in [0.3, 0.4) is 0 Å². The van der Waals surface area contributed by atoms with Crippen molar-refractivity contribution >= 4 is 22.4 Å². The molecule has 1 N–H and O–H groups in total. The number of benzene rings is 2. The molecule has 3 rings (SSSR count). The lowest BCUT2D eigenvalue weighted by Crippen LogP contribution is -2.14. The Morgan fingerprint density at radius 3 is 2.56 bits per heavy atom. The molecular weight excluding hydrogens is 339 g/mol. The summed E-state index contributed by atoms with van der Waals surface area (Å²) in [7, 11) is 0. The molecule has 0 aliphatic rings. The Morgan fingerprint density at radius 2 is 1.88 bits per heavy atom. The molecule has 3 aromatic rings. The van der Waals surface area contributed by atoms with Gasteiger partial charge in [-0.15, -0.1) is 11.3 Å². The zero-order chi connectivity index (χ0) is 17.6. The number of aromatic nitrogens is 1. The van der Waals surface area contributed by atoms with E-state index in [4.69, 9.17) is 4.74 Å². The number of nitrogens with one attached hydrogen (secondary N) is 1. The Labute approximate surface area is 149 Å². The van der Waals surface area contributed by atoms with Crippen molar-refractivity contribution in [3.8, 4) is 17.0 Å². The van der Waals surface area contributed by atoms with Crippen LogP contribution in [0.15, 0.2) is 53.9 Å². The molecule has 128 valence electrons. The van der Waals surface area contributed by atoms with E-state index in [1.807, 2.05) is 36.6 Å². The molecule has 0 atom stereocenters. The van der Waals surface area contributed by atoms with Gasteiger partial charge in [0.15, 0.2) is 5.13 Å². The van der Waals surface area contributed by atoms with Gasteiger partial charge < -0.3 is 10.1 Å². The zero-order valence-electron chi connectivity index (χ0n) is 13.7. The van der Waals surface area contributed by atoms with Crippen molar-refractivity contribution in [2.45, 2.75) is 13.3 Å². The SMILES string of the molecule is CCOc1ccc(CC(=O)Nc2nc(-c3ccc(F)cc3)cs2)cc1. The number of hydrogen-bond donors (Lipinski definition) is 1. The number of carbonyl (C=O) groups excluding carboxylic acids is 1. The van der Waals surface area contributed by atoms with Gasteiger partial charge in [0, 0.05) is 10.9 Å². The van der Waals surface area contributed by atoms with E-state index in [1.165, 1.54) is 23.5 Å². The summed E-state index contributed by atoms with van der Waals surface area (Å²) in [4.78, 5) is 16.5. The summed E-state index contributed by atoms with van der Waals surface area (Å²) >= 11 is 1.34. The second kappa shape index (κ2) is 7.90. The number of nitrogens with zero attached hydrogens (tertiary/aromatic N) is 1. The van der Waals surface area contributed by atoms with E-state index in [0.717, 1.165) is 16.9 Å². The van der Waals surface area contributed by atoms with E-state index in [0.29, 0.717) is 17.4 Å². The number of hydrogen-bond acceptors (Lipinski definition) is 4. The summed E-state index contributed by atoms with van der Waals surface area (Å²) in [6.45, 7) is 2.54. The maximum absolute atomic E-state index is 13.0. The number of rotatable bonds is 6. The summed E-state index contributed by atoms with van der Waals surface area (Å²) < 4.78 is 18.4. The van der Waals surface area contributed by atoms with Crippen LogP contribution in [0, 0.1) is 5.82 Å². The molecular formula is C19H17FN2O2S. The average molecular weight is 356 g/mol. The van der Waals surface area contributed by atoms with Crippen LogP contribution in [0.5, 0.6) is 5.75 Å². The van der Waals surface area contributed by atoms with E-state index < -0.39 is 0 Å². The molecule has 0 saturated heterocycles. The molecule has 1 heterocycles. The molecule has 0 aliphatic heterocycles. The van der Waals surface area contributed by atoms with Crippen LogP contribution in [-0.4, -0.2) is 17.5 Å². The van der Waals surface area contributed by atoms with Gasteiger partial charge in [-0.1, -0.05) is 12.1 Å². The Hall–Kier alpha value is -2.73. The van der Waals surface area contributed by atoms with Crippen molar-refractivity contribution in [2.75, 3.05) is 11.9 Å². The maximum Gasteiger partial charge on any atom is 0.230 e. The molecule has 0 bridgehead atoms. The van der Waals surface area contributed by atoms with E-state index >= 15 is 0 Å². The van der Waals surface area contributed by atoms with E-state index in [9.17, 15) is 9.18 Å². The monoisotopic (exact) mass is 356 g/mol. The molecule has 0 spiro atoms. The van der Waals surface area contributed by atoms with Gasteiger partial charge in [-0.25, -0.2) is 9.37 Å². The standard InChI is InChI=1S/C19H17FN2O2S/c1-2-24-16-9-3-13(4-10-16)11-18(23)22-19-21-17(12-25-19)14-5-7-15(20)8-6-14/h3-10,12H,2,11H2,1H3,(H,21,22,23). The van der Waals surface area contributed by atoms with E-state index in [2.05, 4.69) is 10.3 Å². The van der Waals surface area contributed by atoms with Crippen molar-refractivity contribution in [1.82, 2.24) is 4.98 Å². The van der Waals surface area contributed by atoms with Gasteiger partial charge in [-0.05, 0) is 48.9 Å². The van der Waals surface area contributed by atoms with Gasteiger partial charge in [-0.2, -0.15) is 0 Å². The normalized spacial score (nSPS) is 10.5. The van der Waals surface area contributed by atoms with Crippen LogP contribution in [0.25, 0.3) is 11.3 Å². The number of amides is 1. The molecule has 2 aromatic carbocycles. The first-order chi connectivity index (χ1) is 12.1. The highest BCUT2D eigenvalue weighted by atomic mass is 32.1. The van der Waals surface area contributed by atoms with Crippen LogP contribution in [0.1, 0.15) is 12.5 Å². The fourth-order valence-electron chi connectivity index (χ4n) is 2.30. The highest BCUT2D eigenvalue weighted by molar-refractivity contribution is 7.14. The Morgan fingerprint density at radius 1 is 1.16 bits per heavy atom. The first-order valence-corrected chi connectivity index (χ1v) is 8.75. The van der Waals surface area contributed by atoms with Crippen molar-refractivity contribution in [2.24, 2.45) is 0 Å². The minimum atomic E-state index is -0.289. The van der Waals surface area contributed by atoms with Gasteiger partial charge in [0.1, 0.15) is 11.6 Å². The lowest BCUT2D eigenvalue weighted by molar-refractivity contribution is -0.115. The van der Waals surface area contributed by atoms with Gasteiger partial charge in [0.25, 0.3) is 0 Å². The van der Waals surface area contributed by atoms with Crippen LogP contribution in [0.4, 0.5) is 9.52 Å². The summed E-state index contributed by atoms with van der Waals surface area (Å²) in [6, 6.07) is 13.5. The highest BCUT2D eigenvalue weighted by Crippen LogP contribution is 2.25. The Balaban J connectivity index is 1.60. The van der Waals surface area contributed by atoms with E-state index in [1.54, 1.807) is 12.1 Å². The molecule has 0 radical (unpaired) electrons. The van der Waals surface area contributed by atoms with Gasteiger partial charge in [0.2, 0.25) is 5.91 Å². The van der Waals surface area contributed by atoms with E-state index in [-0.39, 0.29) is 18.1 Å². The van der Waals surface area contributed by atoms with Gasteiger partial charge in [-0.3, -0.25) is 4.79 Å². The third kappa shape index (κ3) is 4.64. The number of ether oxygens (including phenoxy) is 1. The number of carbonyl (C=O) groups is 1. The van der Waals surface area contributed by atoms with Gasteiger partial charge >= 0.3 is 0 Å². The smallest absolute Gasteiger partial charge is 0.230 e. The lowest BCUT2D eigenvalue weighted by atomic mass is 10.1. The molecule has 0 saturated carbocycles. The van der Waals surface area contributed by atoms with Crippen molar-refractivity contribution < 1.29 is 13.9 Å². The molecule has 1 amide bonds. The molecule has 6 heteroatoms. The summed E-state index contributed by atoms with van der Waals surface area (Å²) in [5.74, 6) is 0.363. The van der Waals surface area contributed by atoms with Crippen molar-refractivity contribution in [3.05, 3.63) is 65.3 Å². The van der Waals surface area contributed by atoms with Crippen LogP contribution in [-0.2, 0) is 11.2 Å². The molecule has 1 aromatic heterocycles. The number of halogens is 1. The summed E-state index contributed by atoms with van der Waals surface area (Å²) in [6.07, 6.45) is 0.262. The van der Waals surface area contributed by atoms with Crippen LogP contribution < -0.4 is 10.1 Å². The molecule has 0 fully saturated rings.